The number of hydrogen-bond acceptors (Lipinski definition) is 2. The van der Waals surface area contributed by atoms with Gasteiger partial charge in [0, 0.05) is 26.2 Å². The minimum Gasteiger partial charge on any atom is -0.355 e. The van der Waals surface area contributed by atoms with Crippen molar-refractivity contribution in [1.82, 2.24) is 16.0 Å². The van der Waals surface area contributed by atoms with Gasteiger partial charge in [0.05, 0.1) is 10.6 Å². The van der Waals surface area contributed by atoms with Gasteiger partial charge in [0.2, 0.25) is 0 Å². The van der Waals surface area contributed by atoms with E-state index in [-0.39, 0.29) is 35.9 Å². The normalized spacial score (nSPS) is 11.9. The zero-order valence-electron chi connectivity index (χ0n) is 16.2. The van der Waals surface area contributed by atoms with Crippen LogP contribution in [0.5, 0.6) is 0 Å². The second-order valence-electron chi connectivity index (χ2n) is 6.30. The third kappa shape index (κ3) is 8.48. The van der Waals surface area contributed by atoms with Gasteiger partial charge in [-0.05, 0) is 37.5 Å². The molecule has 0 saturated heterocycles. The van der Waals surface area contributed by atoms with E-state index in [2.05, 4.69) is 52.1 Å². The van der Waals surface area contributed by atoms with Crippen LogP contribution in [-0.2, 0) is 6.42 Å². The third-order valence-corrected chi connectivity index (χ3v) is 4.47. The molecule has 0 aliphatic heterocycles. The Kier molecular flexibility index (Phi) is 11.6. The predicted octanol–water partition coefficient (Wildman–Crippen LogP) is 3.87. The summed E-state index contributed by atoms with van der Waals surface area (Å²) in [6, 6.07) is 17.7. The molecule has 0 aromatic heterocycles. The predicted molar refractivity (Wildman–Crippen MR) is 128 cm³/mol. The van der Waals surface area contributed by atoms with Gasteiger partial charge in [-0.1, -0.05) is 54.1 Å². The molecule has 1 amide bonds. The molecular weight excluding hydrogens is 487 g/mol. The van der Waals surface area contributed by atoms with Crippen molar-refractivity contribution in [2.75, 3.05) is 20.1 Å². The Morgan fingerprint density at radius 3 is 2.36 bits per heavy atom. The van der Waals surface area contributed by atoms with Crippen LogP contribution < -0.4 is 16.0 Å². The van der Waals surface area contributed by atoms with Crippen molar-refractivity contribution in [2.24, 2.45) is 4.99 Å². The Morgan fingerprint density at radius 2 is 1.68 bits per heavy atom. The number of rotatable bonds is 8. The molecule has 1 unspecified atom stereocenters. The minimum absolute atomic E-state index is 0. The van der Waals surface area contributed by atoms with Crippen LogP contribution in [0.2, 0.25) is 5.02 Å². The maximum atomic E-state index is 12.1. The van der Waals surface area contributed by atoms with Crippen molar-refractivity contribution < 1.29 is 4.79 Å². The van der Waals surface area contributed by atoms with Gasteiger partial charge in [0.25, 0.3) is 5.91 Å². The van der Waals surface area contributed by atoms with E-state index in [4.69, 9.17) is 11.6 Å². The van der Waals surface area contributed by atoms with Gasteiger partial charge < -0.3 is 16.0 Å². The number of halogens is 2. The van der Waals surface area contributed by atoms with Crippen LogP contribution >= 0.6 is 35.6 Å². The molecule has 5 nitrogen and oxygen atoms in total. The standard InChI is InChI=1S/C21H27ClN4O.HI/c1-16(12-13-17-8-4-3-5-9-17)26-21(23-2)25-15-14-24-20(27)18-10-6-7-11-19(18)22;/h3-11,16H,12-15H2,1-2H3,(H,24,27)(H2,23,25,26);1H. The van der Waals surface area contributed by atoms with E-state index >= 15 is 0 Å². The van der Waals surface area contributed by atoms with E-state index in [0.29, 0.717) is 23.7 Å². The largest absolute Gasteiger partial charge is 0.355 e. The highest BCUT2D eigenvalue weighted by Gasteiger charge is 2.09. The average Bonchev–Trinajstić information content (AvgIpc) is 2.69. The maximum absolute atomic E-state index is 12.1. The fourth-order valence-electron chi connectivity index (χ4n) is 2.63. The maximum Gasteiger partial charge on any atom is 0.252 e. The fourth-order valence-corrected chi connectivity index (χ4v) is 2.85. The van der Waals surface area contributed by atoms with Crippen LogP contribution in [0.1, 0.15) is 29.3 Å². The van der Waals surface area contributed by atoms with Crippen molar-refractivity contribution >= 4 is 47.4 Å². The molecule has 3 N–H and O–H groups in total. The lowest BCUT2D eigenvalue weighted by Gasteiger charge is -2.18. The van der Waals surface area contributed by atoms with Crippen LogP contribution in [-0.4, -0.2) is 38.0 Å². The summed E-state index contributed by atoms with van der Waals surface area (Å²) in [4.78, 5) is 16.3. The van der Waals surface area contributed by atoms with Gasteiger partial charge in [-0.3, -0.25) is 9.79 Å². The number of aliphatic imine (C=N–C) groups is 1. The number of carbonyl (C=O) groups is 1. The molecule has 0 aliphatic rings. The van der Waals surface area contributed by atoms with E-state index in [1.807, 2.05) is 6.07 Å². The molecule has 0 bridgehead atoms. The van der Waals surface area contributed by atoms with Crippen molar-refractivity contribution in [1.29, 1.82) is 0 Å². The van der Waals surface area contributed by atoms with Crippen LogP contribution in [0, 0.1) is 0 Å². The van der Waals surface area contributed by atoms with E-state index < -0.39 is 0 Å². The van der Waals surface area contributed by atoms with Gasteiger partial charge in [-0.15, -0.1) is 24.0 Å². The van der Waals surface area contributed by atoms with Crippen molar-refractivity contribution in [3.05, 3.63) is 70.7 Å². The number of nitrogens with one attached hydrogen (secondary N) is 3. The molecule has 2 rings (SSSR count). The molecular formula is C21H28ClIN4O. The highest BCUT2D eigenvalue weighted by Crippen LogP contribution is 2.14. The Bertz CT molecular complexity index is 755. The molecule has 2 aromatic rings. The minimum atomic E-state index is -0.179. The van der Waals surface area contributed by atoms with Crippen molar-refractivity contribution in [3.8, 4) is 0 Å². The molecule has 0 spiro atoms. The molecule has 152 valence electrons. The number of benzene rings is 2. The summed E-state index contributed by atoms with van der Waals surface area (Å²) in [6.45, 7) is 3.18. The lowest BCUT2D eigenvalue weighted by molar-refractivity contribution is 0.0954. The summed E-state index contributed by atoms with van der Waals surface area (Å²) in [6.07, 6.45) is 2.02. The van der Waals surface area contributed by atoms with E-state index in [9.17, 15) is 4.79 Å². The molecule has 7 heteroatoms. The SMILES string of the molecule is CN=C(NCCNC(=O)c1ccccc1Cl)NC(C)CCc1ccccc1.I. The lowest BCUT2D eigenvalue weighted by atomic mass is 10.1. The first-order chi connectivity index (χ1) is 13.1. The summed E-state index contributed by atoms with van der Waals surface area (Å²) in [5.41, 5.74) is 1.81. The molecule has 0 aliphatic carbocycles. The number of amides is 1. The monoisotopic (exact) mass is 514 g/mol. The Morgan fingerprint density at radius 1 is 1.04 bits per heavy atom. The smallest absolute Gasteiger partial charge is 0.252 e. The van der Waals surface area contributed by atoms with Crippen LogP contribution in [0.15, 0.2) is 59.6 Å². The Labute approximate surface area is 189 Å². The summed E-state index contributed by atoms with van der Waals surface area (Å²) in [7, 11) is 1.74. The third-order valence-electron chi connectivity index (χ3n) is 4.14. The molecule has 28 heavy (non-hydrogen) atoms. The van der Waals surface area contributed by atoms with E-state index in [0.717, 1.165) is 18.8 Å². The molecule has 2 aromatic carbocycles. The van der Waals surface area contributed by atoms with Gasteiger partial charge in [0.15, 0.2) is 5.96 Å². The molecule has 0 heterocycles. The summed E-state index contributed by atoms with van der Waals surface area (Å²) < 4.78 is 0. The summed E-state index contributed by atoms with van der Waals surface area (Å²) in [5.74, 6) is 0.545. The van der Waals surface area contributed by atoms with Gasteiger partial charge >= 0.3 is 0 Å². The van der Waals surface area contributed by atoms with Crippen molar-refractivity contribution in [3.63, 3.8) is 0 Å². The second-order valence-corrected chi connectivity index (χ2v) is 6.71. The van der Waals surface area contributed by atoms with Gasteiger partial charge in [-0.25, -0.2) is 0 Å². The zero-order chi connectivity index (χ0) is 19.5. The fraction of sp³-hybridized carbons (Fsp3) is 0.333. The first-order valence-electron chi connectivity index (χ1n) is 9.14. The number of aryl methyl sites for hydroxylation is 1. The highest BCUT2D eigenvalue weighted by atomic mass is 127. The topological polar surface area (TPSA) is 65.5 Å². The summed E-state index contributed by atoms with van der Waals surface area (Å²) >= 11 is 6.03. The number of guanidine groups is 1. The Hall–Kier alpha value is -1.80. The average molecular weight is 515 g/mol. The number of nitrogens with zero attached hydrogens (tertiary/aromatic N) is 1. The van der Waals surface area contributed by atoms with Crippen LogP contribution in [0.4, 0.5) is 0 Å². The van der Waals surface area contributed by atoms with Crippen LogP contribution in [0.25, 0.3) is 0 Å². The quantitative estimate of drug-likeness (QED) is 0.217. The van der Waals surface area contributed by atoms with Gasteiger partial charge in [-0.2, -0.15) is 0 Å². The Balaban J connectivity index is 0.00000392. The second kappa shape index (κ2) is 13.4. The molecule has 1 atom stereocenters. The molecule has 0 fully saturated rings. The first kappa shape index (κ1) is 24.2. The van der Waals surface area contributed by atoms with Crippen LogP contribution in [0.3, 0.4) is 0 Å². The van der Waals surface area contributed by atoms with E-state index in [1.54, 1.807) is 31.3 Å². The van der Waals surface area contributed by atoms with Crippen molar-refractivity contribution in [2.45, 2.75) is 25.8 Å². The highest BCUT2D eigenvalue weighted by molar-refractivity contribution is 14.0. The lowest BCUT2D eigenvalue weighted by Crippen LogP contribution is -2.45. The summed E-state index contributed by atoms with van der Waals surface area (Å²) in [5, 5.41) is 9.88. The molecule has 0 radical (unpaired) electrons. The van der Waals surface area contributed by atoms with Gasteiger partial charge in [0.1, 0.15) is 0 Å². The number of hydrogen-bond donors (Lipinski definition) is 3. The zero-order valence-corrected chi connectivity index (χ0v) is 19.3. The molecule has 0 saturated carbocycles. The first-order valence-corrected chi connectivity index (χ1v) is 9.51. The van der Waals surface area contributed by atoms with E-state index in [1.165, 1.54) is 5.56 Å². The number of carbonyl (C=O) groups excluding carboxylic acids is 1.